The van der Waals surface area contributed by atoms with Crippen LogP contribution in [0.5, 0.6) is 0 Å². The molecule has 3 nitrogen and oxygen atoms in total. The molecule has 55 heavy (non-hydrogen) atoms. The van der Waals surface area contributed by atoms with Crippen molar-refractivity contribution < 1.29 is 4.42 Å². The lowest BCUT2D eigenvalue weighted by Gasteiger charge is -2.53. The largest absolute Gasteiger partial charge is 0.456 e. The second-order valence-corrected chi connectivity index (χ2v) is 19.8. The minimum Gasteiger partial charge on any atom is -0.456 e. The number of rotatable bonds is 4. The van der Waals surface area contributed by atoms with Gasteiger partial charge in [-0.25, -0.2) is 0 Å². The number of unbranched alkanes of at least 4 members (excludes halogenated alkanes) is 1. The molecule has 1 aromatic heterocycles. The third-order valence-corrected chi connectivity index (χ3v) is 15.6. The zero-order valence-corrected chi connectivity index (χ0v) is 34.2. The van der Waals surface area contributed by atoms with Crippen LogP contribution in [0.3, 0.4) is 0 Å². The third-order valence-electron chi connectivity index (χ3n) is 15.6. The van der Waals surface area contributed by atoms with E-state index in [2.05, 4.69) is 144 Å². The van der Waals surface area contributed by atoms with Gasteiger partial charge in [-0.15, -0.1) is 0 Å². The molecule has 1 saturated carbocycles. The van der Waals surface area contributed by atoms with Crippen LogP contribution in [-0.4, -0.2) is 12.4 Å². The quantitative estimate of drug-likeness (QED) is 0.169. The molecular formula is C51H55BN2O. The summed E-state index contributed by atoms with van der Waals surface area (Å²) in [4.78, 5) is 5.58. The molecule has 0 amide bonds. The molecule has 0 spiro atoms. The summed E-state index contributed by atoms with van der Waals surface area (Å²) in [6, 6.07) is 31.3. The van der Waals surface area contributed by atoms with Crippen LogP contribution in [0.25, 0.3) is 33.1 Å². The molecular weight excluding hydrogens is 667 g/mol. The topological polar surface area (TPSA) is 19.6 Å². The molecule has 2 aliphatic carbocycles. The Hall–Kier alpha value is -4.44. The first-order valence-corrected chi connectivity index (χ1v) is 21.4. The van der Waals surface area contributed by atoms with Crippen LogP contribution < -0.4 is 20.6 Å². The Balaban J connectivity index is 1.25. The number of anilines is 4. The lowest BCUT2D eigenvalue weighted by atomic mass is 9.43. The van der Waals surface area contributed by atoms with Gasteiger partial charge >= 0.3 is 6.85 Å². The lowest BCUT2D eigenvalue weighted by Crippen LogP contribution is -2.64. The molecule has 0 bridgehead atoms. The zero-order valence-electron chi connectivity index (χ0n) is 34.2. The fourth-order valence-corrected chi connectivity index (χ4v) is 12.2. The fraction of sp³-hybridized carbons (Fsp3) is 0.412. The monoisotopic (exact) mass is 722 g/mol. The molecule has 3 aliphatic heterocycles. The highest BCUT2D eigenvalue weighted by atomic mass is 16.3. The Kier molecular flexibility index (Phi) is 6.84. The van der Waals surface area contributed by atoms with Crippen LogP contribution in [0.2, 0.25) is 0 Å². The summed E-state index contributed by atoms with van der Waals surface area (Å²) in [6.45, 7) is 19.6. The van der Waals surface area contributed by atoms with Crippen molar-refractivity contribution in [2.24, 2.45) is 0 Å². The first-order valence-electron chi connectivity index (χ1n) is 21.4. The molecule has 2 unspecified atom stereocenters. The van der Waals surface area contributed by atoms with Gasteiger partial charge in [-0.3, -0.25) is 0 Å². The zero-order chi connectivity index (χ0) is 37.8. The van der Waals surface area contributed by atoms with Crippen molar-refractivity contribution in [1.82, 2.24) is 0 Å². The van der Waals surface area contributed by atoms with Gasteiger partial charge in [-0.05, 0) is 150 Å². The number of fused-ring (bicyclic) bond motifs is 11. The van der Waals surface area contributed by atoms with Crippen LogP contribution in [0.15, 0.2) is 83.3 Å². The van der Waals surface area contributed by atoms with E-state index in [1.165, 1.54) is 129 Å². The second kappa shape index (κ2) is 11.1. The number of aryl methyl sites for hydroxylation is 2. The lowest BCUT2D eigenvalue weighted by molar-refractivity contribution is 0.195. The van der Waals surface area contributed by atoms with Gasteiger partial charge in [-0.2, -0.15) is 0 Å². The van der Waals surface area contributed by atoms with Crippen molar-refractivity contribution in [2.75, 3.05) is 9.71 Å². The molecule has 0 radical (unpaired) electrons. The number of benzene rings is 5. The highest BCUT2D eigenvalue weighted by Gasteiger charge is 2.61. The van der Waals surface area contributed by atoms with Crippen molar-refractivity contribution in [3.05, 3.63) is 107 Å². The van der Waals surface area contributed by atoms with Crippen LogP contribution in [-0.2, 0) is 22.7 Å². The van der Waals surface area contributed by atoms with Gasteiger partial charge in [0, 0.05) is 44.5 Å². The fourth-order valence-electron chi connectivity index (χ4n) is 12.2. The van der Waals surface area contributed by atoms with E-state index >= 15 is 0 Å². The number of hydrogen-bond acceptors (Lipinski definition) is 3. The third kappa shape index (κ3) is 4.35. The second-order valence-electron chi connectivity index (χ2n) is 19.8. The molecule has 0 N–H and O–H groups in total. The normalized spacial score (nSPS) is 23.7. The molecule has 5 aromatic carbocycles. The molecule has 11 rings (SSSR count). The minimum absolute atomic E-state index is 0.0134. The maximum Gasteiger partial charge on any atom is 0.333 e. The molecule has 0 saturated heterocycles. The maximum absolute atomic E-state index is 6.96. The van der Waals surface area contributed by atoms with Crippen molar-refractivity contribution in [3.8, 4) is 11.1 Å². The van der Waals surface area contributed by atoms with Gasteiger partial charge in [0.2, 0.25) is 0 Å². The predicted molar refractivity (Wildman–Crippen MR) is 234 cm³/mol. The Bertz CT molecular complexity index is 2610. The van der Waals surface area contributed by atoms with Gasteiger partial charge in [0.1, 0.15) is 11.2 Å². The summed E-state index contributed by atoms with van der Waals surface area (Å²) in [5.41, 5.74) is 20.7. The molecule has 1 fully saturated rings. The Morgan fingerprint density at radius 3 is 2.16 bits per heavy atom. The molecule has 4 heteroatoms. The maximum atomic E-state index is 6.96. The van der Waals surface area contributed by atoms with E-state index in [1.54, 1.807) is 5.56 Å². The van der Waals surface area contributed by atoms with E-state index in [4.69, 9.17) is 4.42 Å². The van der Waals surface area contributed by atoms with Crippen molar-refractivity contribution >= 4 is 62.5 Å². The van der Waals surface area contributed by atoms with Gasteiger partial charge in [0.25, 0.3) is 0 Å². The summed E-state index contributed by atoms with van der Waals surface area (Å²) in [6.07, 6.45) is 11.0. The Morgan fingerprint density at radius 1 is 0.691 bits per heavy atom. The molecule has 6 aromatic rings. The molecule has 5 aliphatic rings. The SMILES string of the molecule is CCCCc1cc2c3c(c1)C1(C)CCCCC1(C)N3c1cc(C)cc3c1B2N(c1ccccc1)c1cc2c(cc1-3)oc1cc3c(cc12)C(C)(C)CCC3(C)C. The van der Waals surface area contributed by atoms with E-state index in [9.17, 15) is 0 Å². The van der Waals surface area contributed by atoms with Gasteiger partial charge in [-0.1, -0.05) is 97.2 Å². The summed E-state index contributed by atoms with van der Waals surface area (Å²) in [5, 5.41) is 2.46. The summed E-state index contributed by atoms with van der Waals surface area (Å²) in [7, 11) is 0. The van der Waals surface area contributed by atoms with E-state index in [-0.39, 0.29) is 28.6 Å². The average molecular weight is 723 g/mol. The average Bonchev–Trinajstić information content (AvgIpc) is 3.62. The summed E-state index contributed by atoms with van der Waals surface area (Å²) >= 11 is 0. The smallest absolute Gasteiger partial charge is 0.333 e. The minimum atomic E-state index is 0.0134. The Labute approximate surface area is 328 Å². The van der Waals surface area contributed by atoms with Crippen LogP contribution in [0.1, 0.15) is 128 Å². The summed E-state index contributed by atoms with van der Waals surface area (Å²) < 4.78 is 6.96. The predicted octanol–water partition coefficient (Wildman–Crippen LogP) is 12.6. The van der Waals surface area contributed by atoms with E-state index in [1.807, 2.05) is 0 Å². The van der Waals surface area contributed by atoms with E-state index in [0.29, 0.717) is 0 Å². The molecule has 278 valence electrons. The number of furan rings is 1. The van der Waals surface area contributed by atoms with Gasteiger partial charge < -0.3 is 14.1 Å². The van der Waals surface area contributed by atoms with Crippen LogP contribution >= 0.6 is 0 Å². The number of nitrogens with zero attached hydrogens (tertiary/aromatic N) is 2. The summed E-state index contributed by atoms with van der Waals surface area (Å²) in [5.74, 6) is 0. The standard InChI is InChI=1S/C51H55BN2O/c1-9-10-16-32-25-40-47-41(26-32)52-46-37(23-31(2)24-43(46)53(47)51(8)20-15-14-19-50(40,51)7)34-29-44-36(28-42(34)54(52)33-17-12-11-13-18-33)35-27-38-39(30-45(35)55-44)49(5,6)22-21-48(38,3)4/h11-13,17-18,23-30H,9-10,14-16,19-22H2,1-8H3. The molecule has 2 atom stereocenters. The highest BCUT2D eigenvalue weighted by molar-refractivity contribution is 6.93. The van der Waals surface area contributed by atoms with Crippen molar-refractivity contribution in [3.63, 3.8) is 0 Å². The first-order chi connectivity index (χ1) is 26.3. The van der Waals surface area contributed by atoms with Gasteiger partial charge in [0.15, 0.2) is 0 Å². The van der Waals surface area contributed by atoms with Gasteiger partial charge in [0.05, 0.1) is 5.54 Å². The van der Waals surface area contributed by atoms with Crippen LogP contribution in [0, 0.1) is 6.92 Å². The van der Waals surface area contributed by atoms with Crippen molar-refractivity contribution in [1.29, 1.82) is 0 Å². The van der Waals surface area contributed by atoms with Crippen LogP contribution in [0.4, 0.5) is 22.7 Å². The number of para-hydroxylation sites is 1. The van der Waals surface area contributed by atoms with E-state index < -0.39 is 0 Å². The first kappa shape index (κ1) is 33.9. The highest BCUT2D eigenvalue weighted by Crippen LogP contribution is 2.62. The van der Waals surface area contributed by atoms with Crippen molar-refractivity contribution in [2.45, 2.75) is 135 Å². The number of hydrogen-bond donors (Lipinski definition) is 0. The molecule has 4 heterocycles. The van der Waals surface area contributed by atoms with E-state index in [0.717, 1.165) is 17.6 Å². The Morgan fingerprint density at radius 2 is 1.40 bits per heavy atom.